The van der Waals surface area contributed by atoms with Gasteiger partial charge in [0.25, 0.3) is 0 Å². The monoisotopic (exact) mass is 299 g/mol. The van der Waals surface area contributed by atoms with E-state index in [1.54, 1.807) is 6.07 Å². The van der Waals surface area contributed by atoms with Crippen LogP contribution in [0.4, 0.5) is 0 Å². The van der Waals surface area contributed by atoms with E-state index < -0.39 is 0 Å². The molecule has 0 fully saturated rings. The van der Waals surface area contributed by atoms with Crippen molar-refractivity contribution in [1.29, 1.82) is 0 Å². The van der Waals surface area contributed by atoms with E-state index >= 15 is 0 Å². The number of ether oxygens (including phenoxy) is 1. The fourth-order valence-corrected chi connectivity index (χ4v) is 3.26. The molecule has 0 saturated heterocycles. The molecule has 5 nitrogen and oxygen atoms in total. The van der Waals surface area contributed by atoms with E-state index in [-0.39, 0.29) is 5.97 Å². The molecule has 116 valence electrons. The van der Waals surface area contributed by atoms with Crippen molar-refractivity contribution in [2.24, 2.45) is 5.73 Å². The van der Waals surface area contributed by atoms with Gasteiger partial charge >= 0.3 is 5.97 Å². The molecule has 1 aliphatic carbocycles. The van der Waals surface area contributed by atoms with E-state index in [9.17, 15) is 4.79 Å². The highest BCUT2D eigenvalue weighted by molar-refractivity contribution is 5.89. The summed E-state index contributed by atoms with van der Waals surface area (Å²) < 4.78 is 6.74. The predicted molar refractivity (Wildman–Crippen MR) is 84.3 cm³/mol. The van der Waals surface area contributed by atoms with Gasteiger partial charge in [0.15, 0.2) is 0 Å². The fourth-order valence-electron chi connectivity index (χ4n) is 3.26. The summed E-state index contributed by atoms with van der Waals surface area (Å²) in [6.07, 6.45) is 6.30. The second kappa shape index (κ2) is 6.32. The lowest BCUT2D eigenvalue weighted by Crippen LogP contribution is -2.15. The van der Waals surface area contributed by atoms with Crippen LogP contribution in [-0.4, -0.2) is 29.4 Å². The fraction of sp³-hybridized carbons (Fsp3) is 0.412. The van der Waals surface area contributed by atoms with Crippen molar-refractivity contribution in [3.05, 3.63) is 47.3 Å². The van der Waals surface area contributed by atoms with E-state index in [0.29, 0.717) is 18.0 Å². The number of hydrogen-bond acceptors (Lipinski definition) is 4. The molecular weight excluding hydrogens is 278 g/mol. The zero-order chi connectivity index (χ0) is 15.5. The van der Waals surface area contributed by atoms with Crippen molar-refractivity contribution in [1.82, 2.24) is 9.78 Å². The average molecular weight is 299 g/mol. The van der Waals surface area contributed by atoms with Gasteiger partial charge in [-0.25, -0.2) is 9.48 Å². The number of esters is 1. The molecule has 1 unspecified atom stereocenters. The van der Waals surface area contributed by atoms with Crippen LogP contribution in [0.25, 0.3) is 5.69 Å². The molecule has 0 saturated carbocycles. The van der Waals surface area contributed by atoms with Gasteiger partial charge < -0.3 is 10.5 Å². The van der Waals surface area contributed by atoms with Crippen LogP contribution in [0.2, 0.25) is 0 Å². The van der Waals surface area contributed by atoms with Crippen LogP contribution in [0.1, 0.15) is 46.8 Å². The molecule has 3 rings (SSSR count). The Balaban J connectivity index is 1.98. The second-order valence-corrected chi connectivity index (χ2v) is 5.67. The minimum atomic E-state index is -0.330. The van der Waals surface area contributed by atoms with Crippen LogP contribution >= 0.6 is 0 Å². The quantitative estimate of drug-likeness (QED) is 0.880. The molecule has 2 N–H and O–H groups in total. The van der Waals surface area contributed by atoms with Gasteiger partial charge in [0.1, 0.15) is 0 Å². The Bertz CT molecular complexity index is 678. The third-order valence-corrected chi connectivity index (χ3v) is 4.33. The molecule has 0 bridgehead atoms. The highest BCUT2D eigenvalue weighted by atomic mass is 16.5. The zero-order valence-electron chi connectivity index (χ0n) is 12.8. The Kier molecular flexibility index (Phi) is 4.24. The Morgan fingerprint density at radius 3 is 3.14 bits per heavy atom. The summed E-state index contributed by atoms with van der Waals surface area (Å²) in [7, 11) is 1.39. The predicted octanol–water partition coefficient (Wildman–Crippen LogP) is 2.43. The summed E-state index contributed by atoms with van der Waals surface area (Å²) in [4.78, 5) is 11.7. The van der Waals surface area contributed by atoms with Gasteiger partial charge in [-0.1, -0.05) is 6.07 Å². The van der Waals surface area contributed by atoms with Crippen molar-refractivity contribution in [3.8, 4) is 5.69 Å². The number of nitrogens with two attached hydrogens (primary N) is 1. The first-order chi connectivity index (χ1) is 10.7. The Morgan fingerprint density at radius 1 is 1.50 bits per heavy atom. The highest BCUT2D eigenvalue weighted by Crippen LogP contribution is 2.34. The van der Waals surface area contributed by atoms with Gasteiger partial charge in [0.2, 0.25) is 0 Å². The number of carbonyl (C=O) groups excluding carboxylic acids is 1. The van der Waals surface area contributed by atoms with Crippen LogP contribution in [-0.2, 0) is 11.2 Å². The Labute approximate surface area is 130 Å². The van der Waals surface area contributed by atoms with E-state index in [2.05, 4.69) is 5.10 Å². The maximum atomic E-state index is 11.7. The van der Waals surface area contributed by atoms with Gasteiger partial charge in [0.05, 0.1) is 24.6 Å². The Hall–Kier alpha value is -2.14. The zero-order valence-corrected chi connectivity index (χ0v) is 12.8. The van der Waals surface area contributed by atoms with Gasteiger partial charge in [-0.2, -0.15) is 5.10 Å². The molecule has 0 amide bonds. The van der Waals surface area contributed by atoms with Crippen LogP contribution < -0.4 is 5.73 Å². The number of nitrogens with zero attached hydrogens (tertiary/aromatic N) is 2. The van der Waals surface area contributed by atoms with Crippen molar-refractivity contribution in [2.75, 3.05) is 13.7 Å². The lowest BCUT2D eigenvalue weighted by atomic mass is 9.85. The van der Waals surface area contributed by atoms with Crippen molar-refractivity contribution >= 4 is 5.97 Å². The summed E-state index contributed by atoms with van der Waals surface area (Å²) >= 11 is 0. The van der Waals surface area contributed by atoms with Crippen LogP contribution in [0, 0.1) is 0 Å². The molecule has 1 aromatic heterocycles. The van der Waals surface area contributed by atoms with Gasteiger partial charge in [-0.3, -0.25) is 0 Å². The number of benzene rings is 1. The molecule has 22 heavy (non-hydrogen) atoms. The van der Waals surface area contributed by atoms with Crippen LogP contribution in [0.5, 0.6) is 0 Å². The minimum absolute atomic E-state index is 0.330. The lowest BCUT2D eigenvalue weighted by molar-refractivity contribution is 0.0600. The third kappa shape index (κ3) is 2.64. The SMILES string of the molecule is COC(=O)c1cccc(-n2ncc3c2CCCC3CCN)c1. The largest absolute Gasteiger partial charge is 0.465 e. The second-order valence-electron chi connectivity index (χ2n) is 5.67. The van der Waals surface area contributed by atoms with Crippen molar-refractivity contribution in [3.63, 3.8) is 0 Å². The Morgan fingerprint density at radius 2 is 2.36 bits per heavy atom. The lowest BCUT2D eigenvalue weighted by Gasteiger charge is -2.22. The van der Waals surface area contributed by atoms with E-state index in [4.69, 9.17) is 10.5 Å². The third-order valence-electron chi connectivity index (χ3n) is 4.33. The molecule has 1 aliphatic rings. The minimum Gasteiger partial charge on any atom is -0.465 e. The summed E-state index contributed by atoms with van der Waals surface area (Å²) in [5.74, 6) is 0.176. The normalized spacial score (nSPS) is 17.1. The number of hydrogen-bond donors (Lipinski definition) is 1. The summed E-state index contributed by atoms with van der Waals surface area (Å²) in [6, 6.07) is 7.40. The smallest absolute Gasteiger partial charge is 0.337 e. The molecule has 0 aliphatic heterocycles. The van der Waals surface area contributed by atoms with E-state index in [1.165, 1.54) is 24.8 Å². The van der Waals surface area contributed by atoms with Gasteiger partial charge in [-0.05, 0) is 61.9 Å². The molecule has 5 heteroatoms. The summed E-state index contributed by atoms with van der Waals surface area (Å²) in [6.45, 7) is 0.702. The number of rotatable bonds is 4. The topological polar surface area (TPSA) is 70.1 Å². The molecule has 1 heterocycles. The van der Waals surface area contributed by atoms with Crippen molar-refractivity contribution in [2.45, 2.75) is 31.6 Å². The van der Waals surface area contributed by atoms with E-state index in [1.807, 2.05) is 29.1 Å². The molecule has 0 radical (unpaired) electrons. The number of methoxy groups -OCH3 is 1. The highest BCUT2D eigenvalue weighted by Gasteiger charge is 2.24. The first kappa shape index (κ1) is 14.8. The molecule has 0 spiro atoms. The van der Waals surface area contributed by atoms with Crippen LogP contribution in [0.3, 0.4) is 0 Å². The van der Waals surface area contributed by atoms with Gasteiger partial charge in [-0.15, -0.1) is 0 Å². The number of carbonyl (C=O) groups is 1. The number of fused-ring (bicyclic) bond motifs is 1. The standard InChI is InChI=1S/C17H21N3O2/c1-22-17(21)13-5-2-6-14(10-13)20-16-7-3-4-12(8-9-18)15(16)11-19-20/h2,5-6,10-12H,3-4,7-9,18H2,1H3. The molecule has 2 aromatic rings. The molecule has 1 aromatic carbocycles. The summed E-state index contributed by atoms with van der Waals surface area (Å²) in [5.41, 5.74) is 9.71. The van der Waals surface area contributed by atoms with Gasteiger partial charge in [0, 0.05) is 5.69 Å². The first-order valence-electron chi connectivity index (χ1n) is 7.70. The maximum Gasteiger partial charge on any atom is 0.337 e. The van der Waals surface area contributed by atoms with Crippen molar-refractivity contribution < 1.29 is 9.53 Å². The molecule has 1 atom stereocenters. The number of aromatic nitrogens is 2. The summed E-state index contributed by atoms with van der Waals surface area (Å²) in [5, 5.41) is 4.55. The van der Waals surface area contributed by atoms with Crippen LogP contribution in [0.15, 0.2) is 30.5 Å². The average Bonchev–Trinajstić information content (AvgIpc) is 2.99. The first-order valence-corrected chi connectivity index (χ1v) is 7.70. The van der Waals surface area contributed by atoms with E-state index in [0.717, 1.165) is 24.9 Å². The molecular formula is C17H21N3O2. The maximum absolute atomic E-state index is 11.7.